The Balaban J connectivity index is 2.72. The number of hydrogen-bond donors (Lipinski definition) is 0. The lowest BCUT2D eigenvalue weighted by atomic mass is 9.91. The van der Waals surface area contributed by atoms with E-state index in [1.807, 2.05) is 14.1 Å². The third kappa shape index (κ3) is 1.92. The Hall–Kier alpha value is -0.410. The summed E-state index contributed by atoms with van der Waals surface area (Å²) in [6.45, 7) is 0.248. The first-order chi connectivity index (χ1) is 6.13. The molecule has 0 radical (unpaired) electrons. The van der Waals surface area contributed by atoms with Crippen molar-refractivity contribution in [2.24, 2.45) is 0 Å². The van der Waals surface area contributed by atoms with E-state index in [1.54, 1.807) is 7.11 Å². The van der Waals surface area contributed by atoms with E-state index >= 15 is 0 Å². The maximum atomic E-state index is 11.8. The maximum Gasteiger partial charge on any atom is 0.178 e. The molecular weight excluding hydrogens is 166 g/mol. The van der Waals surface area contributed by atoms with Gasteiger partial charge in [-0.3, -0.25) is 9.69 Å². The van der Waals surface area contributed by atoms with Gasteiger partial charge in [0.15, 0.2) is 5.78 Å². The molecule has 0 aromatic carbocycles. The summed E-state index contributed by atoms with van der Waals surface area (Å²) >= 11 is 0. The zero-order valence-electron chi connectivity index (χ0n) is 8.80. The summed E-state index contributed by atoms with van der Waals surface area (Å²) in [5.74, 6) is 0.234. The predicted octanol–water partition coefficient (Wildman–Crippen LogP) is 1.08. The van der Waals surface area contributed by atoms with E-state index in [0.29, 0.717) is 0 Å². The summed E-state index contributed by atoms with van der Waals surface area (Å²) < 4.78 is 4.92. The maximum absolute atomic E-state index is 11.8. The molecule has 1 fully saturated rings. The van der Waals surface area contributed by atoms with Gasteiger partial charge in [0.1, 0.15) is 6.61 Å². The van der Waals surface area contributed by atoms with Gasteiger partial charge < -0.3 is 4.74 Å². The second-order valence-corrected chi connectivity index (χ2v) is 3.99. The van der Waals surface area contributed by atoms with Crippen LogP contribution in [0.4, 0.5) is 0 Å². The number of ether oxygens (including phenoxy) is 1. The minimum atomic E-state index is -0.226. The van der Waals surface area contributed by atoms with Gasteiger partial charge in [0.2, 0.25) is 0 Å². The van der Waals surface area contributed by atoms with E-state index in [4.69, 9.17) is 4.74 Å². The fraction of sp³-hybridized carbons (Fsp3) is 0.900. The number of carbonyl (C=O) groups excluding carboxylic acids is 1. The molecule has 0 bridgehead atoms. The average Bonchev–Trinajstić information content (AvgIpc) is 2.53. The molecule has 0 atom stereocenters. The van der Waals surface area contributed by atoms with Crippen LogP contribution in [-0.4, -0.2) is 44.0 Å². The number of hydrogen-bond acceptors (Lipinski definition) is 3. The number of rotatable bonds is 4. The SMILES string of the molecule is COCC(=O)C1(N(C)C)CCCC1. The van der Waals surface area contributed by atoms with Crippen molar-refractivity contribution in [1.29, 1.82) is 0 Å². The Morgan fingerprint density at radius 2 is 1.92 bits per heavy atom. The Kier molecular flexibility index (Phi) is 3.45. The summed E-state index contributed by atoms with van der Waals surface area (Å²) in [7, 11) is 5.55. The number of nitrogens with zero attached hydrogens (tertiary/aromatic N) is 1. The fourth-order valence-corrected chi connectivity index (χ4v) is 2.20. The molecule has 0 amide bonds. The molecule has 1 saturated carbocycles. The molecule has 76 valence electrons. The molecule has 1 rings (SSSR count). The highest BCUT2D eigenvalue weighted by Crippen LogP contribution is 2.34. The fourth-order valence-electron chi connectivity index (χ4n) is 2.20. The first kappa shape index (κ1) is 10.7. The first-order valence-corrected chi connectivity index (χ1v) is 4.83. The lowest BCUT2D eigenvalue weighted by molar-refractivity contribution is -0.133. The summed E-state index contributed by atoms with van der Waals surface area (Å²) in [4.78, 5) is 13.9. The topological polar surface area (TPSA) is 29.5 Å². The monoisotopic (exact) mass is 185 g/mol. The lowest BCUT2D eigenvalue weighted by Gasteiger charge is -2.34. The summed E-state index contributed by atoms with van der Waals surface area (Å²) in [5, 5.41) is 0. The molecule has 0 N–H and O–H groups in total. The molecule has 3 nitrogen and oxygen atoms in total. The summed E-state index contributed by atoms with van der Waals surface area (Å²) in [6, 6.07) is 0. The van der Waals surface area contributed by atoms with Crippen LogP contribution in [0.25, 0.3) is 0 Å². The normalized spacial score (nSPS) is 20.9. The zero-order valence-corrected chi connectivity index (χ0v) is 8.80. The standard InChI is InChI=1S/C10H19NO2/c1-11(2)10(6-4-5-7-10)9(12)8-13-3/h4-8H2,1-3H3. The van der Waals surface area contributed by atoms with Crippen LogP contribution in [0.15, 0.2) is 0 Å². The van der Waals surface area contributed by atoms with Gasteiger partial charge in [-0.1, -0.05) is 12.8 Å². The largest absolute Gasteiger partial charge is 0.377 e. The summed E-state index contributed by atoms with van der Waals surface area (Å²) in [5.41, 5.74) is -0.226. The average molecular weight is 185 g/mol. The van der Waals surface area contributed by atoms with E-state index in [9.17, 15) is 4.79 Å². The second-order valence-electron chi connectivity index (χ2n) is 3.99. The zero-order chi connectivity index (χ0) is 9.90. The number of carbonyl (C=O) groups is 1. The minimum absolute atomic E-state index is 0.226. The van der Waals surface area contributed by atoms with Crippen LogP contribution in [0.1, 0.15) is 25.7 Å². The summed E-state index contributed by atoms with van der Waals surface area (Å²) in [6.07, 6.45) is 4.30. The Labute approximate surface area is 80.1 Å². The molecule has 0 aromatic rings. The van der Waals surface area contributed by atoms with Crippen molar-refractivity contribution in [3.8, 4) is 0 Å². The quantitative estimate of drug-likeness (QED) is 0.656. The van der Waals surface area contributed by atoms with Gasteiger partial charge >= 0.3 is 0 Å². The van der Waals surface area contributed by atoms with Crippen molar-refractivity contribution in [2.75, 3.05) is 27.8 Å². The lowest BCUT2D eigenvalue weighted by Crippen LogP contribution is -2.50. The molecule has 3 heteroatoms. The van der Waals surface area contributed by atoms with E-state index in [1.165, 1.54) is 0 Å². The third-order valence-electron chi connectivity index (χ3n) is 3.08. The molecule has 1 aliphatic rings. The van der Waals surface area contributed by atoms with Gasteiger partial charge in [0.05, 0.1) is 5.54 Å². The second kappa shape index (κ2) is 4.20. The van der Waals surface area contributed by atoms with Crippen molar-refractivity contribution in [3.05, 3.63) is 0 Å². The van der Waals surface area contributed by atoms with Gasteiger partial charge in [0, 0.05) is 7.11 Å². The molecular formula is C10H19NO2. The van der Waals surface area contributed by atoms with E-state index < -0.39 is 0 Å². The number of likely N-dealkylation sites (N-methyl/N-ethyl adjacent to an activating group) is 1. The van der Waals surface area contributed by atoms with Crippen molar-refractivity contribution >= 4 is 5.78 Å². The number of methoxy groups -OCH3 is 1. The van der Waals surface area contributed by atoms with Crippen molar-refractivity contribution in [2.45, 2.75) is 31.2 Å². The van der Waals surface area contributed by atoms with E-state index in [-0.39, 0.29) is 17.9 Å². The Morgan fingerprint density at radius 3 is 2.31 bits per heavy atom. The van der Waals surface area contributed by atoms with Gasteiger partial charge in [0.25, 0.3) is 0 Å². The van der Waals surface area contributed by atoms with Crippen LogP contribution in [-0.2, 0) is 9.53 Å². The Morgan fingerprint density at radius 1 is 1.38 bits per heavy atom. The van der Waals surface area contributed by atoms with Gasteiger partial charge in [-0.25, -0.2) is 0 Å². The highest BCUT2D eigenvalue weighted by atomic mass is 16.5. The van der Waals surface area contributed by atoms with Gasteiger partial charge in [-0.05, 0) is 26.9 Å². The molecule has 0 saturated heterocycles. The molecule has 0 aromatic heterocycles. The van der Waals surface area contributed by atoms with Crippen molar-refractivity contribution < 1.29 is 9.53 Å². The van der Waals surface area contributed by atoms with Crippen molar-refractivity contribution in [1.82, 2.24) is 4.90 Å². The highest BCUT2D eigenvalue weighted by molar-refractivity contribution is 5.89. The minimum Gasteiger partial charge on any atom is -0.377 e. The van der Waals surface area contributed by atoms with Crippen LogP contribution in [0.2, 0.25) is 0 Å². The molecule has 0 heterocycles. The Bertz CT molecular complexity index is 183. The van der Waals surface area contributed by atoms with E-state index in [0.717, 1.165) is 25.7 Å². The molecule has 0 unspecified atom stereocenters. The smallest absolute Gasteiger partial charge is 0.178 e. The van der Waals surface area contributed by atoms with Crippen LogP contribution >= 0.6 is 0 Å². The third-order valence-corrected chi connectivity index (χ3v) is 3.08. The van der Waals surface area contributed by atoms with Crippen LogP contribution < -0.4 is 0 Å². The first-order valence-electron chi connectivity index (χ1n) is 4.83. The van der Waals surface area contributed by atoms with E-state index in [2.05, 4.69) is 4.90 Å². The van der Waals surface area contributed by atoms with Crippen LogP contribution in [0.5, 0.6) is 0 Å². The van der Waals surface area contributed by atoms with Gasteiger partial charge in [-0.15, -0.1) is 0 Å². The van der Waals surface area contributed by atoms with Crippen LogP contribution in [0.3, 0.4) is 0 Å². The highest BCUT2D eigenvalue weighted by Gasteiger charge is 2.42. The van der Waals surface area contributed by atoms with Crippen LogP contribution in [0, 0.1) is 0 Å². The van der Waals surface area contributed by atoms with Crippen molar-refractivity contribution in [3.63, 3.8) is 0 Å². The number of Topliss-reactive ketones (excluding diaryl/α,β-unsaturated/α-hetero) is 1. The predicted molar refractivity (Wildman–Crippen MR) is 51.8 cm³/mol. The molecule has 0 spiro atoms. The molecule has 13 heavy (non-hydrogen) atoms. The molecule has 1 aliphatic carbocycles. The van der Waals surface area contributed by atoms with Gasteiger partial charge in [-0.2, -0.15) is 0 Å². The number of ketones is 1. The molecule has 0 aliphatic heterocycles.